The van der Waals surface area contributed by atoms with E-state index >= 15 is 0 Å². The van der Waals surface area contributed by atoms with Crippen LogP contribution in [0.3, 0.4) is 0 Å². The van der Waals surface area contributed by atoms with Crippen molar-refractivity contribution in [2.75, 3.05) is 23.8 Å². The molecule has 0 radical (unpaired) electrons. The number of aromatic nitrogens is 2. The standard InChI is InChI=1S/C23H24F3N4O2P/c1-12-16(5-4-6-18(12)23(24,25)26)13(2)27-22-17-9-20(30-15-7-8-32-11-15)21(33-31)10-19(17)28-14(3)29-22/h4-6,9-10,13,15,30H,7-8,11H2,1-3H3,(H,27,28,29)/t13-,15?/m1/s1. The van der Waals surface area contributed by atoms with Crippen LogP contribution in [0.25, 0.3) is 10.9 Å². The van der Waals surface area contributed by atoms with Crippen LogP contribution in [0.1, 0.15) is 41.9 Å². The van der Waals surface area contributed by atoms with Crippen molar-refractivity contribution in [2.45, 2.75) is 45.5 Å². The van der Waals surface area contributed by atoms with Crippen molar-refractivity contribution in [3.63, 3.8) is 0 Å². The Kier molecular flexibility index (Phi) is 6.54. The molecule has 0 amide bonds. The van der Waals surface area contributed by atoms with Crippen LogP contribution in [0.15, 0.2) is 30.3 Å². The molecule has 1 aliphatic heterocycles. The van der Waals surface area contributed by atoms with Gasteiger partial charge in [-0.3, -0.25) is 4.57 Å². The molecule has 2 N–H and O–H groups in total. The van der Waals surface area contributed by atoms with Crippen LogP contribution in [0, 0.1) is 13.8 Å². The number of halogens is 3. The van der Waals surface area contributed by atoms with Crippen molar-refractivity contribution < 1.29 is 22.5 Å². The van der Waals surface area contributed by atoms with Gasteiger partial charge in [0.2, 0.25) is 0 Å². The van der Waals surface area contributed by atoms with E-state index in [1.54, 1.807) is 26.0 Å². The molecule has 1 fully saturated rings. The highest BCUT2D eigenvalue weighted by Gasteiger charge is 2.33. The SMILES string of the molecule is Cc1nc(N[C@H](C)c2cccc(C(F)(F)F)c2C)c2cc(NC3CCOC3)c(P=O)cc2n1. The van der Waals surface area contributed by atoms with Gasteiger partial charge < -0.3 is 15.4 Å². The maximum absolute atomic E-state index is 13.4. The number of fused-ring (bicyclic) bond motifs is 1. The molecule has 174 valence electrons. The van der Waals surface area contributed by atoms with Gasteiger partial charge >= 0.3 is 6.18 Å². The minimum absolute atomic E-state index is 0.109. The van der Waals surface area contributed by atoms with E-state index in [2.05, 4.69) is 20.6 Å². The number of hydrogen-bond donors (Lipinski definition) is 2. The summed E-state index contributed by atoms with van der Waals surface area (Å²) in [6, 6.07) is 7.42. The van der Waals surface area contributed by atoms with E-state index < -0.39 is 17.8 Å². The molecule has 1 unspecified atom stereocenters. The first-order valence-corrected chi connectivity index (χ1v) is 11.4. The third-order valence-corrected chi connectivity index (χ3v) is 6.38. The average Bonchev–Trinajstić information content (AvgIpc) is 3.26. The number of rotatable bonds is 6. The van der Waals surface area contributed by atoms with E-state index in [-0.39, 0.29) is 20.1 Å². The van der Waals surface area contributed by atoms with Crippen molar-refractivity contribution in [3.05, 3.63) is 52.8 Å². The van der Waals surface area contributed by atoms with Gasteiger partial charge in [-0.25, -0.2) is 9.97 Å². The number of nitrogens with zero attached hydrogens (tertiary/aromatic N) is 2. The van der Waals surface area contributed by atoms with Crippen molar-refractivity contribution in [3.8, 4) is 0 Å². The third-order valence-electron chi connectivity index (χ3n) is 5.81. The zero-order valence-corrected chi connectivity index (χ0v) is 19.3. The molecule has 0 aliphatic carbocycles. The lowest BCUT2D eigenvalue weighted by Crippen LogP contribution is -2.22. The van der Waals surface area contributed by atoms with E-state index in [0.717, 1.165) is 12.5 Å². The number of anilines is 2. The molecule has 1 aliphatic rings. The van der Waals surface area contributed by atoms with Gasteiger partial charge in [0.1, 0.15) is 11.6 Å². The van der Waals surface area contributed by atoms with Crippen molar-refractivity contribution in [1.82, 2.24) is 9.97 Å². The van der Waals surface area contributed by atoms with Crippen LogP contribution in [0.4, 0.5) is 24.7 Å². The second-order valence-electron chi connectivity index (χ2n) is 8.19. The molecular formula is C23H24F3N4O2P. The molecule has 1 aromatic heterocycles. The fourth-order valence-corrected chi connectivity index (χ4v) is 4.57. The monoisotopic (exact) mass is 476 g/mol. The first-order valence-electron chi connectivity index (χ1n) is 10.6. The molecule has 4 rings (SSSR count). The molecule has 2 aromatic carbocycles. The minimum Gasteiger partial charge on any atom is -0.379 e. The zero-order chi connectivity index (χ0) is 23.8. The van der Waals surface area contributed by atoms with Crippen LogP contribution < -0.4 is 15.9 Å². The maximum Gasteiger partial charge on any atom is 0.416 e. The van der Waals surface area contributed by atoms with Crippen molar-refractivity contribution in [2.24, 2.45) is 0 Å². The molecule has 1 saturated heterocycles. The fraction of sp³-hybridized carbons (Fsp3) is 0.391. The highest BCUT2D eigenvalue weighted by atomic mass is 31.1. The summed E-state index contributed by atoms with van der Waals surface area (Å²) in [6.45, 7) is 6.24. The van der Waals surface area contributed by atoms with Gasteiger partial charge in [-0.05, 0) is 56.5 Å². The Hall–Kier alpha value is -2.77. The van der Waals surface area contributed by atoms with Crippen molar-refractivity contribution in [1.29, 1.82) is 0 Å². The third kappa shape index (κ3) is 4.94. The van der Waals surface area contributed by atoms with E-state index in [1.165, 1.54) is 13.0 Å². The average molecular weight is 476 g/mol. The summed E-state index contributed by atoms with van der Waals surface area (Å²) in [6.07, 6.45) is -3.58. The number of alkyl halides is 3. The number of nitrogens with one attached hydrogen (secondary N) is 2. The van der Waals surface area contributed by atoms with Gasteiger partial charge in [-0.2, -0.15) is 13.2 Å². The quantitative estimate of drug-likeness (QED) is 0.454. The summed E-state index contributed by atoms with van der Waals surface area (Å²) in [5, 5.41) is 7.90. The van der Waals surface area contributed by atoms with Gasteiger partial charge in [0.25, 0.3) is 0 Å². The molecule has 0 bridgehead atoms. The van der Waals surface area contributed by atoms with E-state index in [9.17, 15) is 17.7 Å². The number of aryl methyl sites for hydroxylation is 1. The Balaban J connectivity index is 1.73. The Morgan fingerprint density at radius 3 is 2.67 bits per heavy atom. The lowest BCUT2D eigenvalue weighted by atomic mass is 9.97. The number of hydrogen-bond acceptors (Lipinski definition) is 6. The first-order chi connectivity index (χ1) is 15.7. The summed E-state index contributed by atoms with van der Waals surface area (Å²) in [5.74, 6) is 0.998. The molecule has 33 heavy (non-hydrogen) atoms. The summed E-state index contributed by atoms with van der Waals surface area (Å²) < 4.78 is 57.4. The van der Waals surface area contributed by atoms with E-state index in [1.807, 2.05) is 6.07 Å². The summed E-state index contributed by atoms with van der Waals surface area (Å²) >= 11 is 0. The van der Waals surface area contributed by atoms with Crippen LogP contribution in [-0.2, 0) is 15.5 Å². The lowest BCUT2D eigenvalue weighted by molar-refractivity contribution is -0.138. The molecule has 2 atom stereocenters. The molecule has 10 heteroatoms. The van der Waals surface area contributed by atoms with Gasteiger partial charge in [0, 0.05) is 12.0 Å². The predicted octanol–water partition coefficient (Wildman–Crippen LogP) is 5.56. The highest BCUT2D eigenvalue weighted by Crippen LogP contribution is 2.36. The minimum atomic E-state index is -4.42. The van der Waals surface area contributed by atoms with Crippen molar-refractivity contribution >= 4 is 36.2 Å². The Morgan fingerprint density at radius 2 is 2.00 bits per heavy atom. The summed E-state index contributed by atoms with van der Waals surface area (Å²) in [4.78, 5) is 8.98. The number of benzene rings is 2. The van der Waals surface area contributed by atoms with Gasteiger partial charge in [-0.15, -0.1) is 0 Å². The van der Waals surface area contributed by atoms with Crippen LogP contribution >= 0.6 is 8.46 Å². The molecule has 2 heterocycles. The summed E-state index contributed by atoms with van der Waals surface area (Å²) in [5.41, 5.74) is 1.35. The maximum atomic E-state index is 13.4. The second-order valence-corrected chi connectivity index (χ2v) is 8.85. The topological polar surface area (TPSA) is 76.1 Å². The smallest absolute Gasteiger partial charge is 0.379 e. The normalized spacial score (nSPS) is 17.5. The highest BCUT2D eigenvalue weighted by molar-refractivity contribution is 7.34. The van der Waals surface area contributed by atoms with Crippen LogP contribution in [-0.4, -0.2) is 29.2 Å². The zero-order valence-electron chi connectivity index (χ0n) is 18.5. The lowest BCUT2D eigenvalue weighted by Gasteiger charge is -2.21. The Bertz CT molecular complexity index is 1200. The van der Waals surface area contributed by atoms with Crippen LogP contribution in [0.2, 0.25) is 0 Å². The van der Waals surface area contributed by atoms with Crippen LogP contribution in [0.5, 0.6) is 0 Å². The summed E-state index contributed by atoms with van der Waals surface area (Å²) in [7, 11) is -0.143. The van der Waals surface area contributed by atoms with Gasteiger partial charge in [0.05, 0.1) is 40.8 Å². The molecular weight excluding hydrogens is 452 g/mol. The molecule has 6 nitrogen and oxygen atoms in total. The molecule has 0 saturated carbocycles. The Morgan fingerprint density at radius 1 is 1.21 bits per heavy atom. The van der Waals surface area contributed by atoms with Gasteiger partial charge in [0.15, 0.2) is 8.46 Å². The van der Waals surface area contributed by atoms with E-state index in [0.29, 0.717) is 52.3 Å². The Labute approximate surface area is 191 Å². The first kappa shape index (κ1) is 23.4. The van der Waals surface area contributed by atoms with E-state index in [4.69, 9.17) is 4.74 Å². The molecule has 3 aromatic rings. The fourth-order valence-electron chi connectivity index (χ4n) is 4.16. The molecule has 0 spiro atoms. The van der Waals surface area contributed by atoms with Gasteiger partial charge in [-0.1, -0.05) is 12.1 Å². The predicted molar refractivity (Wildman–Crippen MR) is 123 cm³/mol. The number of ether oxygens (including phenoxy) is 1. The second kappa shape index (κ2) is 9.23. The largest absolute Gasteiger partial charge is 0.416 e.